The number of para-hydroxylation sites is 1. The van der Waals surface area contributed by atoms with Gasteiger partial charge in [0.15, 0.2) is 0 Å². The van der Waals surface area contributed by atoms with E-state index < -0.39 is 0 Å². The lowest BCUT2D eigenvalue weighted by molar-refractivity contribution is 0.285. The van der Waals surface area contributed by atoms with Gasteiger partial charge in [-0.25, -0.2) is 0 Å². The van der Waals surface area contributed by atoms with Crippen molar-refractivity contribution in [2.45, 2.75) is 13.2 Å². The van der Waals surface area contributed by atoms with Gasteiger partial charge >= 0.3 is 0 Å². The fraction of sp³-hybridized carbons (Fsp3) is 0.333. The average molecular weight is 353 g/mol. The van der Waals surface area contributed by atoms with Crippen LogP contribution >= 0.6 is 23.2 Å². The second kappa shape index (κ2) is 9.14. The molecular formula is C18H22Cl2N2O. The minimum absolute atomic E-state index is 0.466. The van der Waals surface area contributed by atoms with E-state index in [0.717, 1.165) is 30.9 Å². The summed E-state index contributed by atoms with van der Waals surface area (Å²) in [6, 6.07) is 13.7. The van der Waals surface area contributed by atoms with Gasteiger partial charge in [-0.3, -0.25) is 0 Å². The Bertz CT molecular complexity index is 634. The molecule has 0 fully saturated rings. The number of benzene rings is 2. The molecule has 23 heavy (non-hydrogen) atoms. The number of hydrogen-bond donors (Lipinski definition) is 1. The highest BCUT2D eigenvalue weighted by atomic mass is 35.5. The maximum absolute atomic E-state index is 6.04. The third kappa shape index (κ3) is 5.70. The fourth-order valence-corrected chi connectivity index (χ4v) is 2.56. The van der Waals surface area contributed by atoms with Crippen LogP contribution in [0, 0.1) is 0 Å². The van der Waals surface area contributed by atoms with E-state index >= 15 is 0 Å². The van der Waals surface area contributed by atoms with Crippen molar-refractivity contribution in [2.75, 3.05) is 27.2 Å². The minimum Gasteiger partial charge on any atom is -0.489 e. The molecule has 0 spiro atoms. The molecule has 2 aromatic rings. The summed E-state index contributed by atoms with van der Waals surface area (Å²) in [4.78, 5) is 2.26. The van der Waals surface area contributed by atoms with Gasteiger partial charge in [-0.2, -0.15) is 0 Å². The molecule has 1 N–H and O–H groups in total. The summed E-state index contributed by atoms with van der Waals surface area (Å²) in [5.41, 5.74) is 2.17. The van der Waals surface area contributed by atoms with E-state index in [-0.39, 0.29) is 0 Å². The molecule has 0 radical (unpaired) electrons. The SMILES string of the molecule is CNCCN(C)Cc1ccccc1OCc1ccc(Cl)c(Cl)c1. The van der Waals surface area contributed by atoms with E-state index in [9.17, 15) is 0 Å². The Morgan fingerprint density at radius 2 is 1.87 bits per heavy atom. The van der Waals surface area contributed by atoms with Crippen LogP contribution in [0.5, 0.6) is 5.75 Å². The molecule has 0 saturated heterocycles. The highest BCUT2D eigenvalue weighted by molar-refractivity contribution is 6.42. The van der Waals surface area contributed by atoms with Gasteiger partial charge in [0.25, 0.3) is 0 Å². The Kier molecular flexibility index (Phi) is 7.18. The fourth-order valence-electron chi connectivity index (χ4n) is 2.24. The summed E-state index contributed by atoms with van der Waals surface area (Å²) in [6.45, 7) is 3.26. The molecule has 0 aromatic heterocycles. The molecule has 2 rings (SSSR count). The van der Waals surface area contributed by atoms with Gasteiger partial charge in [0.1, 0.15) is 12.4 Å². The van der Waals surface area contributed by atoms with E-state index in [4.69, 9.17) is 27.9 Å². The summed E-state index contributed by atoms with van der Waals surface area (Å²) < 4.78 is 5.98. The smallest absolute Gasteiger partial charge is 0.124 e. The summed E-state index contributed by atoms with van der Waals surface area (Å²) in [6.07, 6.45) is 0. The van der Waals surface area contributed by atoms with Crippen molar-refractivity contribution < 1.29 is 4.74 Å². The Balaban J connectivity index is 2.00. The van der Waals surface area contributed by atoms with Gasteiger partial charge in [-0.15, -0.1) is 0 Å². The molecule has 2 aromatic carbocycles. The predicted octanol–water partition coefficient (Wildman–Crippen LogP) is 4.22. The number of nitrogens with one attached hydrogen (secondary N) is 1. The molecule has 0 heterocycles. The van der Waals surface area contributed by atoms with Gasteiger partial charge in [0.05, 0.1) is 10.0 Å². The maximum atomic E-state index is 6.04. The van der Waals surface area contributed by atoms with Gasteiger partial charge in [0, 0.05) is 25.2 Å². The van der Waals surface area contributed by atoms with Gasteiger partial charge < -0.3 is 15.0 Å². The summed E-state index contributed by atoms with van der Waals surface area (Å²) >= 11 is 12.0. The second-order valence-corrected chi connectivity index (χ2v) is 6.30. The predicted molar refractivity (Wildman–Crippen MR) is 97.5 cm³/mol. The molecule has 3 nitrogen and oxygen atoms in total. The van der Waals surface area contributed by atoms with Crippen molar-refractivity contribution in [3.05, 3.63) is 63.6 Å². The Labute approximate surface area is 148 Å². The number of ether oxygens (including phenoxy) is 1. The molecule has 0 aliphatic heterocycles. The normalized spacial score (nSPS) is 11.0. The molecule has 0 aliphatic rings. The van der Waals surface area contributed by atoms with Crippen LogP contribution in [0.4, 0.5) is 0 Å². The van der Waals surface area contributed by atoms with Crippen LogP contribution in [0.3, 0.4) is 0 Å². The van der Waals surface area contributed by atoms with Crippen LogP contribution in [0.2, 0.25) is 10.0 Å². The highest BCUT2D eigenvalue weighted by Crippen LogP contribution is 2.25. The van der Waals surface area contributed by atoms with Crippen LogP contribution in [0.15, 0.2) is 42.5 Å². The number of rotatable bonds is 8. The van der Waals surface area contributed by atoms with Crippen molar-refractivity contribution >= 4 is 23.2 Å². The van der Waals surface area contributed by atoms with Crippen molar-refractivity contribution in [1.82, 2.24) is 10.2 Å². The first-order chi connectivity index (χ1) is 11.1. The number of halogens is 2. The first-order valence-electron chi connectivity index (χ1n) is 7.58. The highest BCUT2D eigenvalue weighted by Gasteiger charge is 2.07. The molecule has 0 unspecified atom stereocenters. The van der Waals surface area contributed by atoms with E-state index in [1.54, 1.807) is 6.07 Å². The van der Waals surface area contributed by atoms with Gasteiger partial charge in [-0.05, 0) is 37.9 Å². The van der Waals surface area contributed by atoms with E-state index in [0.29, 0.717) is 16.7 Å². The summed E-state index contributed by atoms with van der Waals surface area (Å²) in [5, 5.41) is 4.27. The molecule has 124 valence electrons. The average Bonchev–Trinajstić information content (AvgIpc) is 2.55. The van der Waals surface area contributed by atoms with Crippen molar-refractivity contribution in [1.29, 1.82) is 0 Å². The lowest BCUT2D eigenvalue weighted by Gasteiger charge is -2.19. The minimum atomic E-state index is 0.466. The third-order valence-electron chi connectivity index (χ3n) is 3.53. The third-order valence-corrected chi connectivity index (χ3v) is 4.27. The van der Waals surface area contributed by atoms with Crippen molar-refractivity contribution in [2.24, 2.45) is 0 Å². The van der Waals surface area contributed by atoms with Crippen LogP contribution in [0.25, 0.3) is 0 Å². The molecular weight excluding hydrogens is 331 g/mol. The first kappa shape index (κ1) is 18.1. The standard InChI is InChI=1S/C18H22Cl2N2O/c1-21-9-10-22(2)12-15-5-3-4-6-18(15)23-13-14-7-8-16(19)17(20)11-14/h3-8,11,21H,9-10,12-13H2,1-2H3. The van der Waals surface area contributed by atoms with Gasteiger partial charge in [-0.1, -0.05) is 47.5 Å². The Morgan fingerprint density at radius 3 is 2.61 bits per heavy atom. The van der Waals surface area contributed by atoms with E-state index in [1.165, 1.54) is 5.56 Å². The lowest BCUT2D eigenvalue weighted by atomic mass is 10.2. The summed E-state index contributed by atoms with van der Waals surface area (Å²) in [5.74, 6) is 0.898. The number of hydrogen-bond acceptors (Lipinski definition) is 3. The zero-order valence-electron chi connectivity index (χ0n) is 13.5. The first-order valence-corrected chi connectivity index (χ1v) is 8.33. The largest absolute Gasteiger partial charge is 0.489 e. The molecule has 0 amide bonds. The summed E-state index contributed by atoms with van der Waals surface area (Å²) in [7, 11) is 4.06. The molecule has 5 heteroatoms. The zero-order valence-corrected chi connectivity index (χ0v) is 15.0. The molecule has 0 aliphatic carbocycles. The van der Waals surface area contributed by atoms with Crippen molar-refractivity contribution in [3.8, 4) is 5.75 Å². The van der Waals surface area contributed by atoms with E-state index in [2.05, 4.69) is 23.3 Å². The van der Waals surface area contributed by atoms with E-state index in [1.807, 2.05) is 37.4 Å². The van der Waals surface area contributed by atoms with Crippen molar-refractivity contribution in [3.63, 3.8) is 0 Å². The maximum Gasteiger partial charge on any atom is 0.124 e. The molecule has 0 atom stereocenters. The number of nitrogens with zero attached hydrogens (tertiary/aromatic N) is 1. The quantitative estimate of drug-likeness (QED) is 0.769. The Morgan fingerprint density at radius 1 is 1.09 bits per heavy atom. The van der Waals surface area contributed by atoms with Crippen LogP contribution in [-0.2, 0) is 13.2 Å². The van der Waals surface area contributed by atoms with Crippen LogP contribution < -0.4 is 10.1 Å². The number of likely N-dealkylation sites (N-methyl/N-ethyl adjacent to an activating group) is 2. The Hall–Kier alpha value is -1.26. The molecule has 0 bridgehead atoms. The van der Waals surface area contributed by atoms with Crippen LogP contribution in [0.1, 0.15) is 11.1 Å². The lowest BCUT2D eigenvalue weighted by Crippen LogP contribution is -2.27. The molecule has 0 saturated carbocycles. The second-order valence-electron chi connectivity index (χ2n) is 5.49. The zero-order chi connectivity index (χ0) is 16.7. The van der Waals surface area contributed by atoms with Gasteiger partial charge in [0.2, 0.25) is 0 Å². The topological polar surface area (TPSA) is 24.5 Å². The monoisotopic (exact) mass is 352 g/mol. The van der Waals surface area contributed by atoms with Crippen LogP contribution in [-0.4, -0.2) is 32.1 Å².